The standard InChI is InChI=1S/C8H10FNO2S/c1-10-7-5-3-4-6(9)8(7)13(2,11)12/h3-5,10H,1-2H3. The SMILES string of the molecule is CNc1cccc(F)c1S(C)(=O)=O. The van der Waals surface area contributed by atoms with Gasteiger partial charge in [0.2, 0.25) is 0 Å². The van der Waals surface area contributed by atoms with Gasteiger partial charge < -0.3 is 5.32 Å². The smallest absolute Gasteiger partial charge is 0.180 e. The Morgan fingerprint density at radius 3 is 2.38 bits per heavy atom. The number of nitrogens with one attached hydrogen (secondary N) is 1. The Morgan fingerprint density at radius 2 is 2.00 bits per heavy atom. The molecule has 0 aliphatic carbocycles. The summed E-state index contributed by atoms with van der Waals surface area (Å²) in [5.41, 5.74) is 0.280. The van der Waals surface area contributed by atoms with Crippen LogP contribution in [0.5, 0.6) is 0 Å². The number of rotatable bonds is 2. The van der Waals surface area contributed by atoms with Crippen LogP contribution in [-0.2, 0) is 9.84 Å². The van der Waals surface area contributed by atoms with Crippen LogP contribution < -0.4 is 5.32 Å². The summed E-state index contributed by atoms with van der Waals surface area (Å²) in [5.74, 6) is -0.727. The van der Waals surface area contributed by atoms with E-state index in [0.717, 1.165) is 12.3 Å². The Hall–Kier alpha value is -1.10. The zero-order valence-electron chi connectivity index (χ0n) is 7.33. The van der Waals surface area contributed by atoms with Crippen LogP contribution in [0.3, 0.4) is 0 Å². The lowest BCUT2D eigenvalue weighted by Gasteiger charge is -2.07. The molecule has 0 amide bonds. The van der Waals surface area contributed by atoms with Gasteiger partial charge in [0.05, 0.1) is 5.69 Å². The van der Waals surface area contributed by atoms with Crippen molar-refractivity contribution in [3.63, 3.8) is 0 Å². The van der Waals surface area contributed by atoms with E-state index in [-0.39, 0.29) is 10.6 Å². The summed E-state index contributed by atoms with van der Waals surface area (Å²) < 4.78 is 35.4. The van der Waals surface area contributed by atoms with Gasteiger partial charge in [-0.15, -0.1) is 0 Å². The first-order chi connectivity index (χ1) is 5.96. The van der Waals surface area contributed by atoms with Crippen molar-refractivity contribution >= 4 is 15.5 Å². The Kier molecular flexibility index (Phi) is 2.56. The van der Waals surface area contributed by atoms with Gasteiger partial charge >= 0.3 is 0 Å². The molecule has 1 aromatic rings. The number of benzene rings is 1. The highest BCUT2D eigenvalue weighted by Gasteiger charge is 2.17. The fraction of sp³-hybridized carbons (Fsp3) is 0.250. The monoisotopic (exact) mass is 203 g/mol. The maximum absolute atomic E-state index is 13.1. The Balaban J connectivity index is 3.50. The molecular weight excluding hydrogens is 193 g/mol. The first-order valence-electron chi connectivity index (χ1n) is 3.63. The largest absolute Gasteiger partial charge is 0.387 e. The topological polar surface area (TPSA) is 46.2 Å². The first-order valence-corrected chi connectivity index (χ1v) is 5.52. The summed E-state index contributed by atoms with van der Waals surface area (Å²) in [6, 6.07) is 4.09. The lowest BCUT2D eigenvalue weighted by molar-refractivity contribution is 0.572. The summed E-state index contributed by atoms with van der Waals surface area (Å²) in [7, 11) is -1.97. The molecule has 13 heavy (non-hydrogen) atoms. The van der Waals surface area contributed by atoms with Gasteiger partial charge in [0.1, 0.15) is 10.7 Å². The third-order valence-electron chi connectivity index (χ3n) is 1.61. The van der Waals surface area contributed by atoms with Crippen molar-refractivity contribution in [1.29, 1.82) is 0 Å². The molecule has 0 atom stereocenters. The third kappa shape index (κ3) is 1.98. The molecule has 0 saturated carbocycles. The second-order valence-electron chi connectivity index (χ2n) is 2.64. The molecule has 1 aromatic carbocycles. The van der Waals surface area contributed by atoms with E-state index in [1.165, 1.54) is 12.1 Å². The van der Waals surface area contributed by atoms with Crippen LogP contribution in [0.15, 0.2) is 23.1 Å². The molecule has 0 aliphatic rings. The average Bonchev–Trinajstić information content (AvgIpc) is 2.01. The number of hydrogen-bond donors (Lipinski definition) is 1. The molecule has 0 radical (unpaired) electrons. The highest BCUT2D eigenvalue weighted by molar-refractivity contribution is 7.90. The molecule has 0 heterocycles. The summed E-state index contributed by atoms with van der Waals surface area (Å²) in [4.78, 5) is -0.280. The van der Waals surface area contributed by atoms with Crippen LogP contribution in [0.4, 0.5) is 10.1 Å². The van der Waals surface area contributed by atoms with E-state index in [1.54, 1.807) is 7.05 Å². The zero-order chi connectivity index (χ0) is 10.1. The van der Waals surface area contributed by atoms with E-state index < -0.39 is 15.7 Å². The van der Waals surface area contributed by atoms with Crippen LogP contribution in [0.25, 0.3) is 0 Å². The van der Waals surface area contributed by atoms with Gasteiger partial charge in [-0.05, 0) is 12.1 Å². The molecule has 0 aliphatic heterocycles. The Bertz CT molecular complexity index is 414. The molecule has 0 fully saturated rings. The average molecular weight is 203 g/mol. The van der Waals surface area contributed by atoms with Crippen molar-refractivity contribution in [3.05, 3.63) is 24.0 Å². The maximum atomic E-state index is 13.1. The van der Waals surface area contributed by atoms with E-state index in [9.17, 15) is 12.8 Å². The summed E-state index contributed by atoms with van der Waals surface area (Å²) in [5, 5.41) is 2.62. The van der Waals surface area contributed by atoms with Crippen molar-refractivity contribution in [2.45, 2.75) is 4.90 Å². The Labute approximate surface area is 76.5 Å². The van der Waals surface area contributed by atoms with Gasteiger partial charge in [-0.25, -0.2) is 12.8 Å². The molecule has 5 heteroatoms. The van der Waals surface area contributed by atoms with Crippen molar-refractivity contribution in [2.24, 2.45) is 0 Å². The second-order valence-corrected chi connectivity index (χ2v) is 4.59. The zero-order valence-corrected chi connectivity index (χ0v) is 8.15. The maximum Gasteiger partial charge on any atom is 0.180 e. The quantitative estimate of drug-likeness (QED) is 0.787. The molecule has 1 N–H and O–H groups in total. The van der Waals surface area contributed by atoms with Crippen LogP contribution in [0, 0.1) is 5.82 Å². The molecule has 0 saturated heterocycles. The van der Waals surface area contributed by atoms with Gasteiger partial charge in [-0.1, -0.05) is 6.07 Å². The molecule has 0 spiro atoms. The van der Waals surface area contributed by atoms with E-state index in [0.29, 0.717) is 0 Å². The van der Waals surface area contributed by atoms with E-state index >= 15 is 0 Å². The van der Waals surface area contributed by atoms with Gasteiger partial charge in [-0.3, -0.25) is 0 Å². The molecule has 3 nitrogen and oxygen atoms in total. The Morgan fingerprint density at radius 1 is 1.38 bits per heavy atom. The second kappa shape index (κ2) is 3.33. The van der Waals surface area contributed by atoms with Crippen LogP contribution >= 0.6 is 0 Å². The van der Waals surface area contributed by atoms with Gasteiger partial charge in [0, 0.05) is 13.3 Å². The van der Waals surface area contributed by atoms with Crippen LogP contribution in [0.2, 0.25) is 0 Å². The predicted octanol–water partition coefficient (Wildman–Crippen LogP) is 1.27. The highest BCUT2D eigenvalue weighted by atomic mass is 32.2. The normalized spacial score (nSPS) is 11.3. The first kappa shape index (κ1) is 9.98. The molecule has 0 unspecified atom stereocenters. The molecule has 0 aromatic heterocycles. The molecule has 1 rings (SSSR count). The fourth-order valence-electron chi connectivity index (χ4n) is 1.08. The minimum absolute atomic E-state index is 0.280. The van der Waals surface area contributed by atoms with Gasteiger partial charge in [0.25, 0.3) is 0 Å². The van der Waals surface area contributed by atoms with Crippen molar-refractivity contribution < 1.29 is 12.8 Å². The number of sulfone groups is 1. The minimum Gasteiger partial charge on any atom is -0.387 e. The predicted molar refractivity (Wildman–Crippen MR) is 49.1 cm³/mol. The van der Waals surface area contributed by atoms with E-state index in [4.69, 9.17) is 0 Å². The number of anilines is 1. The van der Waals surface area contributed by atoms with Crippen molar-refractivity contribution in [1.82, 2.24) is 0 Å². The minimum atomic E-state index is -3.51. The van der Waals surface area contributed by atoms with Crippen LogP contribution in [-0.4, -0.2) is 21.7 Å². The van der Waals surface area contributed by atoms with E-state index in [2.05, 4.69) is 5.32 Å². The van der Waals surface area contributed by atoms with Crippen molar-refractivity contribution in [3.8, 4) is 0 Å². The summed E-state index contributed by atoms with van der Waals surface area (Å²) in [6.45, 7) is 0. The lowest BCUT2D eigenvalue weighted by atomic mass is 10.3. The molecular formula is C8H10FNO2S. The van der Waals surface area contributed by atoms with Gasteiger partial charge in [0.15, 0.2) is 9.84 Å². The summed E-state index contributed by atoms with van der Waals surface area (Å²) >= 11 is 0. The number of halogens is 1. The van der Waals surface area contributed by atoms with E-state index in [1.807, 2.05) is 0 Å². The molecule has 0 bridgehead atoms. The molecule has 72 valence electrons. The highest BCUT2D eigenvalue weighted by Crippen LogP contribution is 2.23. The summed E-state index contributed by atoms with van der Waals surface area (Å²) in [6.07, 6.45) is 0.978. The third-order valence-corrected chi connectivity index (χ3v) is 2.76. The fourth-order valence-corrected chi connectivity index (χ4v) is 2.07. The lowest BCUT2D eigenvalue weighted by Crippen LogP contribution is -2.05. The van der Waals surface area contributed by atoms with Crippen molar-refractivity contribution in [2.75, 3.05) is 18.6 Å². The number of hydrogen-bond acceptors (Lipinski definition) is 3. The van der Waals surface area contributed by atoms with Crippen LogP contribution in [0.1, 0.15) is 0 Å². The van der Waals surface area contributed by atoms with Gasteiger partial charge in [-0.2, -0.15) is 0 Å².